The van der Waals surface area contributed by atoms with Gasteiger partial charge in [0.15, 0.2) is 0 Å². The first kappa shape index (κ1) is 18.2. The van der Waals surface area contributed by atoms with Crippen LogP contribution in [-0.4, -0.2) is 17.9 Å². The monoisotopic (exact) mass is 350 g/mol. The second-order valence-corrected chi connectivity index (χ2v) is 7.49. The number of nitrogens with zero attached hydrogens (tertiary/aromatic N) is 1. The van der Waals surface area contributed by atoms with E-state index in [4.69, 9.17) is 0 Å². The lowest BCUT2D eigenvalue weighted by molar-refractivity contribution is -0.121. The number of hydrogen-bond donors (Lipinski definition) is 1. The van der Waals surface area contributed by atoms with Crippen molar-refractivity contribution in [2.45, 2.75) is 54.0 Å². The Labute approximate surface area is 155 Å². The summed E-state index contributed by atoms with van der Waals surface area (Å²) in [7, 11) is 0. The first-order valence-electron chi connectivity index (χ1n) is 8.98. The Bertz CT molecular complexity index is 868. The topological polar surface area (TPSA) is 49.4 Å². The van der Waals surface area contributed by atoms with Gasteiger partial charge in [-0.2, -0.15) is 0 Å². The van der Waals surface area contributed by atoms with E-state index >= 15 is 0 Å². The van der Waals surface area contributed by atoms with Gasteiger partial charge < -0.3 is 5.32 Å². The molecule has 1 saturated heterocycles. The molecule has 1 heterocycles. The molecular weight excluding hydrogens is 324 g/mol. The first-order chi connectivity index (χ1) is 12.2. The van der Waals surface area contributed by atoms with Crippen molar-refractivity contribution in [3.05, 3.63) is 57.6 Å². The van der Waals surface area contributed by atoms with Crippen molar-refractivity contribution in [2.24, 2.45) is 0 Å². The zero-order valence-electron chi connectivity index (χ0n) is 16.4. The summed E-state index contributed by atoms with van der Waals surface area (Å²) >= 11 is 0. The molecule has 0 saturated carbocycles. The minimum Gasteiger partial charge on any atom is -0.373 e. The molecule has 0 aromatic heterocycles. The van der Waals surface area contributed by atoms with Crippen molar-refractivity contribution in [1.29, 1.82) is 0 Å². The van der Waals surface area contributed by atoms with Gasteiger partial charge >= 0.3 is 0 Å². The molecule has 1 atom stereocenters. The van der Waals surface area contributed by atoms with Crippen LogP contribution in [0.4, 0.5) is 11.4 Å². The van der Waals surface area contributed by atoms with E-state index in [0.29, 0.717) is 0 Å². The molecule has 0 radical (unpaired) electrons. The first-order valence-corrected chi connectivity index (χ1v) is 8.98. The minimum atomic E-state index is -0.525. The molecule has 1 aliphatic rings. The average Bonchev–Trinajstić information content (AvgIpc) is 2.77. The van der Waals surface area contributed by atoms with Crippen LogP contribution in [0.3, 0.4) is 0 Å². The summed E-state index contributed by atoms with van der Waals surface area (Å²) in [6, 6.07) is 7.67. The molecule has 0 spiro atoms. The Morgan fingerprint density at radius 1 is 0.808 bits per heavy atom. The molecule has 2 amide bonds. The lowest BCUT2D eigenvalue weighted by Crippen LogP contribution is -2.36. The van der Waals surface area contributed by atoms with Crippen LogP contribution in [0.25, 0.3) is 0 Å². The Morgan fingerprint density at radius 2 is 1.27 bits per heavy atom. The van der Waals surface area contributed by atoms with Gasteiger partial charge in [-0.3, -0.25) is 9.59 Å². The number of rotatable bonds is 3. The highest BCUT2D eigenvalue weighted by Crippen LogP contribution is 2.32. The van der Waals surface area contributed by atoms with Crippen LogP contribution in [0.2, 0.25) is 0 Å². The van der Waals surface area contributed by atoms with Gasteiger partial charge in [-0.1, -0.05) is 35.4 Å². The number of aryl methyl sites for hydroxylation is 6. The quantitative estimate of drug-likeness (QED) is 0.841. The average molecular weight is 350 g/mol. The molecule has 1 fully saturated rings. The van der Waals surface area contributed by atoms with E-state index in [1.807, 2.05) is 46.8 Å². The number of nitrogens with one attached hydrogen (secondary N) is 1. The Morgan fingerprint density at radius 3 is 1.77 bits per heavy atom. The zero-order valence-corrected chi connectivity index (χ0v) is 16.4. The summed E-state index contributed by atoms with van der Waals surface area (Å²) in [6.07, 6.45) is 0.179. The van der Waals surface area contributed by atoms with Crippen LogP contribution in [0, 0.1) is 41.5 Å². The van der Waals surface area contributed by atoms with Crippen molar-refractivity contribution < 1.29 is 9.59 Å². The van der Waals surface area contributed by atoms with E-state index in [1.165, 1.54) is 10.5 Å². The summed E-state index contributed by atoms with van der Waals surface area (Å²) in [5.41, 5.74) is 8.07. The molecule has 1 N–H and O–H groups in total. The SMILES string of the molecule is Cc1cc(C)c(NC2CC(=O)N(c3c(C)cc(C)cc3C)C2=O)c(C)c1. The van der Waals surface area contributed by atoms with E-state index in [9.17, 15) is 9.59 Å². The maximum absolute atomic E-state index is 13.0. The lowest BCUT2D eigenvalue weighted by atomic mass is 10.0. The molecule has 0 bridgehead atoms. The van der Waals surface area contributed by atoms with Crippen LogP contribution in [-0.2, 0) is 9.59 Å². The predicted molar refractivity (Wildman–Crippen MR) is 106 cm³/mol. The smallest absolute Gasteiger partial charge is 0.256 e. The maximum Gasteiger partial charge on any atom is 0.256 e. The van der Waals surface area contributed by atoms with Gasteiger partial charge in [0.25, 0.3) is 5.91 Å². The van der Waals surface area contributed by atoms with Gasteiger partial charge in [-0.15, -0.1) is 0 Å². The number of hydrogen-bond acceptors (Lipinski definition) is 3. The number of amides is 2. The molecule has 2 aromatic carbocycles. The molecule has 2 aromatic rings. The van der Waals surface area contributed by atoms with Crippen molar-refractivity contribution in [1.82, 2.24) is 0 Å². The number of imide groups is 1. The Balaban J connectivity index is 1.94. The second-order valence-electron chi connectivity index (χ2n) is 7.49. The third-order valence-corrected chi connectivity index (χ3v) is 5.00. The minimum absolute atomic E-state index is 0.148. The summed E-state index contributed by atoms with van der Waals surface area (Å²) in [5, 5.41) is 3.32. The Hall–Kier alpha value is -2.62. The summed E-state index contributed by atoms with van der Waals surface area (Å²) in [6.45, 7) is 12.0. The largest absolute Gasteiger partial charge is 0.373 e. The fourth-order valence-corrected chi connectivity index (χ4v) is 4.09. The highest BCUT2D eigenvalue weighted by molar-refractivity contribution is 6.23. The fraction of sp³-hybridized carbons (Fsp3) is 0.364. The second kappa shape index (κ2) is 6.60. The van der Waals surface area contributed by atoms with Crippen LogP contribution < -0.4 is 10.2 Å². The molecule has 0 aliphatic carbocycles. The standard InChI is InChI=1S/C22H26N2O2/c1-12-7-14(3)20(15(4)8-12)23-18-11-19(25)24(22(18)26)21-16(5)9-13(2)10-17(21)6/h7-10,18,23H,11H2,1-6H3. The molecule has 4 nitrogen and oxygen atoms in total. The number of anilines is 2. The fourth-order valence-electron chi connectivity index (χ4n) is 4.09. The molecule has 1 unspecified atom stereocenters. The van der Waals surface area contributed by atoms with Crippen molar-refractivity contribution in [3.63, 3.8) is 0 Å². The lowest BCUT2D eigenvalue weighted by Gasteiger charge is -2.22. The van der Waals surface area contributed by atoms with E-state index in [1.54, 1.807) is 0 Å². The molecule has 4 heteroatoms. The van der Waals surface area contributed by atoms with E-state index in [2.05, 4.69) is 24.4 Å². The predicted octanol–water partition coefficient (Wildman–Crippen LogP) is 4.28. The summed E-state index contributed by atoms with van der Waals surface area (Å²) in [5.74, 6) is -0.325. The normalized spacial score (nSPS) is 17.2. The van der Waals surface area contributed by atoms with Crippen molar-refractivity contribution >= 4 is 23.2 Å². The third kappa shape index (κ3) is 3.12. The summed E-state index contributed by atoms with van der Waals surface area (Å²) < 4.78 is 0. The molecule has 1 aliphatic heterocycles. The molecular formula is C22H26N2O2. The highest BCUT2D eigenvalue weighted by atomic mass is 16.2. The van der Waals surface area contributed by atoms with Gasteiger partial charge in [0, 0.05) is 5.69 Å². The van der Waals surface area contributed by atoms with Crippen molar-refractivity contribution in [3.8, 4) is 0 Å². The molecule has 136 valence electrons. The van der Waals surface area contributed by atoms with Crippen LogP contribution in [0.1, 0.15) is 39.8 Å². The van der Waals surface area contributed by atoms with Gasteiger partial charge in [-0.05, 0) is 63.8 Å². The van der Waals surface area contributed by atoms with Crippen LogP contribution in [0.15, 0.2) is 24.3 Å². The van der Waals surface area contributed by atoms with Crippen molar-refractivity contribution in [2.75, 3.05) is 10.2 Å². The van der Waals surface area contributed by atoms with E-state index < -0.39 is 6.04 Å². The van der Waals surface area contributed by atoms with Gasteiger partial charge in [0.1, 0.15) is 6.04 Å². The maximum atomic E-state index is 13.0. The number of benzene rings is 2. The molecule has 26 heavy (non-hydrogen) atoms. The van der Waals surface area contributed by atoms with E-state index in [-0.39, 0.29) is 18.2 Å². The summed E-state index contributed by atoms with van der Waals surface area (Å²) in [4.78, 5) is 27.1. The zero-order chi connectivity index (χ0) is 19.2. The number of carbonyl (C=O) groups excluding carboxylic acids is 2. The van der Waals surface area contributed by atoms with Crippen LogP contribution >= 0.6 is 0 Å². The van der Waals surface area contributed by atoms with Gasteiger partial charge in [-0.25, -0.2) is 4.90 Å². The van der Waals surface area contributed by atoms with Gasteiger partial charge in [0.2, 0.25) is 5.91 Å². The Kier molecular flexibility index (Phi) is 4.61. The number of carbonyl (C=O) groups is 2. The van der Waals surface area contributed by atoms with Crippen LogP contribution in [0.5, 0.6) is 0 Å². The van der Waals surface area contributed by atoms with Gasteiger partial charge in [0.05, 0.1) is 12.1 Å². The third-order valence-electron chi connectivity index (χ3n) is 5.00. The van der Waals surface area contributed by atoms with E-state index in [0.717, 1.165) is 39.2 Å². The molecule has 3 rings (SSSR count). The highest BCUT2D eigenvalue weighted by Gasteiger charge is 2.41.